The number of aliphatic hydroxyl groups excluding tert-OH is 1. The number of hydrogen-bond donors (Lipinski definition) is 3. The van der Waals surface area contributed by atoms with Gasteiger partial charge in [-0.15, -0.1) is 0 Å². The summed E-state index contributed by atoms with van der Waals surface area (Å²) < 4.78 is 0.629. The number of nitrogens with one attached hydrogen (secondary N) is 2. The maximum Gasteiger partial charge on any atom is 0.323 e. The molecule has 0 aliphatic heterocycles. The van der Waals surface area contributed by atoms with Gasteiger partial charge in [-0.1, -0.05) is 17.7 Å². The molecule has 0 saturated carbocycles. The van der Waals surface area contributed by atoms with Crippen molar-refractivity contribution in [1.29, 1.82) is 0 Å². The zero-order chi connectivity index (χ0) is 15.2. The first-order valence-corrected chi connectivity index (χ1v) is 7.35. The first kappa shape index (κ1) is 15.8. The Labute approximate surface area is 135 Å². The van der Waals surface area contributed by atoms with Crippen LogP contribution in [0.15, 0.2) is 41.1 Å². The lowest BCUT2D eigenvalue weighted by molar-refractivity contribution is 0.262. The van der Waals surface area contributed by atoms with Crippen LogP contribution in [0, 0.1) is 0 Å². The van der Waals surface area contributed by atoms with Gasteiger partial charge in [0.05, 0.1) is 0 Å². The quantitative estimate of drug-likeness (QED) is 0.719. The van der Waals surface area contributed by atoms with E-state index in [-0.39, 0.29) is 6.61 Å². The predicted molar refractivity (Wildman–Crippen MR) is 86.8 cm³/mol. The first-order chi connectivity index (χ1) is 10.1. The highest BCUT2D eigenvalue weighted by Crippen LogP contribution is 2.25. The molecule has 0 spiro atoms. The fourth-order valence-electron chi connectivity index (χ4n) is 1.81. The van der Waals surface area contributed by atoms with Crippen LogP contribution in [-0.2, 0) is 6.42 Å². The van der Waals surface area contributed by atoms with Crippen molar-refractivity contribution in [2.45, 2.75) is 6.42 Å². The first-order valence-electron chi connectivity index (χ1n) is 6.18. The van der Waals surface area contributed by atoms with Crippen molar-refractivity contribution in [3.05, 3.63) is 51.7 Å². The van der Waals surface area contributed by atoms with Gasteiger partial charge in [-0.2, -0.15) is 0 Å². The van der Waals surface area contributed by atoms with Gasteiger partial charge in [0.15, 0.2) is 0 Å². The van der Waals surface area contributed by atoms with E-state index in [2.05, 4.69) is 31.5 Å². The molecular formula is C14H13BrClN3O2. The molecule has 0 bridgehead atoms. The number of aliphatic hydroxyl groups is 1. The number of hydrogen-bond acceptors (Lipinski definition) is 3. The molecule has 0 fully saturated rings. The lowest BCUT2D eigenvalue weighted by atomic mass is 10.1. The van der Waals surface area contributed by atoms with E-state index < -0.39 is 6.03 Å². The van der Waals surface area contributed by atoms with Crippen LogP contribution in [0.4, 0.5) is 16.2 Å². The van der Waals surface area contributed by atoms with E-state index in [1.807, 2.05) is 0 Å². The molecule has 110 valence electrons. The van der Waals surface area contributed by atoms with Crippen molar-refractivity contribution in [2.75, 3.05) is 17.2 Å². The van der Waals surface area contributed by atoms with E-state index in [4.69, 9.17) is 16.7 Å². The largest absolute Gasteiger partial charge is 0.396 e. The molecule has 0 unspecified atom stereocenters. The zero-order valence-electron chi connectivity index (χ0n) is 10.9. The molecule has 0 aliphatic rings. The molecule has 21 heavy (non-hydrogen) atoms. The minimum atomic E-state index is -0.394. The molecule has 7 heteroatoms. The molecule has 0 atom stereocenters. The van der Waals surface area contributed by atoms with Gasteiger partial charge < -0.3 is 15.7 Å². The maximum atomic E-state index is 12.0. The maximum absolute atomic E-state index is 12.0. The second-order valence-corrected chi connectivity index (χ2v) is 5.41. The lowest BCUT2D eigenvalue weighted by Crippen LogP contribution is -2.20. The molecule has 1 heterocycles. The predicted octanol–water partition coefficient (Wildman–Crippen LogP) is 3.68. The van der Waals surface area contributed by atoms with Gasteiger partial charge in [0.2, 0.25) is 0 Å². The normalized spacial score (nSPS) is 10.2. The lowest BCUT2D eigenvalue weighted by Gasteiger charge is -2.12. The van der Waals surface area contributed by atoms with Gasteiger partial charge in [0, 0.05) is 29.2 Å². The highest BCUT2D eigenvalue weighted by molar-refractivity contribution is 9.10. The third-order valence-corrected chi connectivity index (χ3v) is 3.50. The molecule has 0 aliphatic carbocycles. The fraction of sp³-hybridized carbons (Fsp3) is 0.143. The van der Waals surface area contributed by atoms with Crippen LogP contribution >= 0.6 is 27.5 Å². The van der Waals surface area contributed by atoms with Crippen LogP contribution in [-0.4, -0.2) is 22.7 Å². The third kappa shape index (κ3) is 4.42. The number of anilines is 2. The number of aromatic nitrogens is 1. The molecule has 0 saturated heterocycles. The number of carbonyl (C=O) groups is 1. The van der Waals surface area contributed by atoms with E-state index in [1.165, 1.54) is 0 Å². The van der Waals surface area contributed by atoms with Crippen molar-refractivity contribution in [3.8, 4) is 0 Å². The van der Waals surface area contributed by atoms with Crippen LogP contribution in [0.5, 0.6) is 0 Å². The molecule has 5 nitrogen and oxygen atoms in total. The molecular weight excluding hydrogens is 358 g/mol. The summed E-state index contributed by atoms with van der Waals surface area (Å²) >= 11 is 9.31. The summed E-state index contributed by atoms with van der Waals surface area (Å²) in [6.07, 6.45) is 1.95. The smallest absolute Gasteiger partial charge is 0.323 e. The van der Waals surface area contributed by atoms with E-state index in [1.54, 1.807) is 36.5 Å². The highest BCUT2D eigenvalue weighted by atomic mass is 79.9. The number of amides is 2. The van der Waals surface area contributed by atoms with Gasteiger partial charge >= 0.3 is 6.03 Å². The molecule has 0 radical (unpaired) electrons. The molecule has 1 aromatic carbocycles. The zero-order valence-corrected chi connectivity index (χ0v) is 13.3. The van der Waals surface area contributed by atoms with Gasteiger partial charge in [-0.3, -0.25) is 0 Å². The highest BCUT2D eigenvalue weighted by Gasteiger charge is 2.10. The second-order valence-electron chi connectivity index (χ2n) is 4.19. The summed E-state index contributed by atoms with van der Waals surface area (Å²) in [6, 6.07) is 8.16. The Morgan fingerprint density at radius 3 is 2.86 bits per heavy atom. The van der Waals surface area contributed by atoms with Crippen LogP contribution < -0.4 is 10.6 Å². The van der Waals surface area contributed by atoms with E-state index >= 15 is 0 Å². The average Bonchev–Trinajstić information content (AvgIpc) is 2.42. The summed E-state index contributed by atoms with van der Waals surface area (Å²) in [4.78, 5) is 16.0. The average molecular weight is 371 g/mol. The second kappa shape index (κ2) is 7.40. The Morgan fingerprint density at radius 2 is 2.14 bits per heavy atom. The summed E-state index contributed by atoms with van der Waals surface area (Å²) in [5.41, 5.74) is 1.88. The summed E-state index contributed by atoms with van der Waals surface area (Å²) in [5, 5.41) is 15.0. The van der Waals surface area contributed by atoms with Gasteiger partial charge in [0.25, 0.3) is 0 Å². The molecule has 2 aromatic rings. The minimum Gasteiger partial charge on any atom is -0.396 e. The standard InChI is InChI=1S/C14H13BrClN3O2/c15-13-8-9(4-6-17-13)18-14(21)19-12-3-1-2-11(16)10(12)5-7-20/h1-4,6,8,20H,5,7H2,(H2,17,18,19,21). The minimum absolute atomic E-state index is 0.0443. The van der Waals surface area contributed by atoms with Crippen LogP contribution in [0.25, 0.3) is 0 Å². The molecule has 2 rings (SSSR count). The SMILES string of the molecule is O=C(Nc1ccnc(Br)c1)Nc1cccc(Cl)c1CCO. The van der Waals surface area contributed by atoms with Crippen molar-refractivity contribution in [2.24, 2.45) is 0 Å². The fourth-order valence-corrected chi connectivity index (χ4v) is 2.44. The van der Waals surface area contributed by atoms with Gasteiger partial charge in [0.1, 0.15) is 4.60 Å². The summed E-state index contributed by atoms with van der Waals surface area (Å²) in [7, 11) is 0. The molecule has 1 aromatic heterocycles. The van der Waals surface area contributed by atoms with Crippen molar-refractivity contribution < 1.29 is 9.90 Å². The van der Waals surface area contributed by atoms with Crippen LogP contribution in [0.2, 0.25) is 5.02 Å². The van der Waals surface area contributed by atoms with E-state index in [0.29, 0.717) is 33.0 Å². The Hall–Kier alpha value is -1.63. The van der Waals surface area contributed by atoms with Crippen molar-refractivity contribution in [3.63, 3.8) is 0 Å². The van der Waals surface area contributed by atoms with Gasteiger partial charge in [-0.25, -0.2) is 9.78 Å². The topological polar surface area (TPSA) is 74.2 Å². The number of carbonyl (C=O) groups excluding carboxylic acids is 1. The van der Waals surface area contributed by atoms with Crippen molar-refractivity contribution >= 4 is 44.9 Å². The number of rotatable bonds is 4. The monoisotopic (exact) mass is 369 g/mol. The number of halogens is 2. The third-order valence-electron chi connectivity index (χ3n) is 2.71. The van der Waals surface area contributed by atoms with E-state index in [0.717, 1.165) is 0 Å². The van der Waals surface area contributed by atoms with Crippen LogP contribution in [0.3, 0.4) is 0 Å². The van der Waals surface area contributed by atoms with E-state index in [9.17, 15) is 4.79 Å². The Balaban J connectivity index is 2.11. The number of urea groups is 1. The Kier molecular flexibility index (Phi) is 5.55. The molecule has 3 N–H and O–H groups in total. The number of pyridine rings is 1. The summed E-state index contributed by atoms with van der Waals surface area (Å²) in [5.74, 6) is 0. The van der Waals surface area contributed by atoms with Gasteiger partial charge in [-0.05, 0) is 52.2 Å². The van der Waals surface area contributed by atoms with Crippen molar-refractivity contribution in [1.82, 2.24) is 4.98 Å². The number of nitrogens with zero attached hydrogens (tertiary/aromatic N) is 1. The summed E-state index contributed by atoms with van der Waals surface area (Å²) in [6.45, 7) is -0.0443. The molecule has 2 amide bonds. The number of benzene rings is 1. The van der Waals surface area contributed by atoms with Crippen LogP contribution in [0.1, 0.15) is 5.56 Å². The Morgan fingerprint density at radius 1 is 1.33 bits per heavy atom. The Bertz CT molecular complexity index is 652.